The maximum Gasteiger partial charge on any atom is 0.227 e. The molecule has 0 bridgehead atoms. The van der Waals surface area contributed by atoms with Crippen LogP contribution in [0.1, 0.15) is 37.1 Å². The van der Waals surface area contributed by atoms with Crippen molar-refractivity contribution in [1.82, 2.24) is 19.9 Å². The summed E-state index contributed by atoms with van der Waals surface area (Å²) in [6, 6.07) is 10.0. The standard InChI is InChI=1S/C28H33N7O2/c1-4-34-9-11-35(12-10-34)25-15-26(37-3)24(14-19(25)16-29)33-27-30-8-6-22(32-27)20-13-21-23(31-17-20)5-7-28(21,2)18-36/h6,8,13-15,17,36H,4-5,7,9-12,18H2,1-3H3,(H,30,32,33). The Kier molecular flexibility index (Phi) is 6.96. The number of fused-ring (bicyclic) bond motifs is 1. The maximum absolute atomic E-state index is 9.96. The predicted molar refractivity (Wildman–Crippen MR) is 143 cm³/mol. The monoisotopic (exact) mass is 499 g/mol. The molecule has 0 radical (unpaired) electrons. The number of likely N-dealkylation sites (N-methyl/N-ethyl adjacent to an activating group) is 1. The Bertz CT molecular complexity index is 1330. The van der Waals surface area contributed by atoms with E-state index in [-0.39, 0.29) is 12.0 Å². The molecule has 37 heavy (non-hydrogen) atoms. The number of nitrogens with one attached hydrogen (secondary N) is 1. The number of ether oxygens (including phenoxy) is 1. The molecule has 1 aliphatic carbocycles. The molecule has 1 atom stereocenters. The van der Waals surface area contributed by atoms with E-state index in [0.29, 0.717) is 22.9 Å². The quantitative estimate of drug-likeness (QED) is 0.505. The third-order valence-electron chi connectivity index (χ3n) is 7.68. The van der Waals surface area contributed by atoms with Gasteiger partial charge in [0.15, 0.2) is 0 Å². The molecule has 0 saturated carbocycles. The number of hydrogen-bond acceptors (Lipinski definition) is 9. The van der Waals surface area contributed by atoms with Gasteiger partial charge in [0, 0.05) is 61.3 Å². The molecule has 9 heteroatoms. The fraction of sp³-hybridized carbons (Fsp3) is 0.429. The van der Waals surface area contributed by atoms with E-state index >= 15 is 0 Å². The van der Waals surface area contributed by atoms with Gasteiger partial charge in [0.05, 0.1) is 36.3 Å². The van der Waals surface area contributed by atoms with Crippen LogP contribution in [-0.2, 0) is 11.8 Å². The SMILES string of the molecule is CCN1CCN(c2cc(OC)c(Nc3nccc(-c4cnc5c(c4)C(C)(CO)CC5)n3)cc2C#N)CC1. The molecule has 2 aromatic heterocycles. The lowest BCUT2D eigenvalue weighted by atomic mass is 9.85. The van der Waals surface area contributed by atoms with Gasteiger partial charge in [0.25, 0.3) is 0 Å². The number of hydrogen-bond donors (Lipinski definition) is 2. The number of pyridine rings is 1. The minimum absolute atomic E-state index is 0.0903. The van der Waals surface area contributed by atoms with Gasteiger partial charge in [-0.2, -0.15) is 5.26 Å². The van der Waals surface area contributed by atoms with Gasteiger partial charge in [-0.25, -0.2) is 9.97 Å². The van der Waals surface area contributed by atoms with Crippen molar-refractivity contribution in [3.05, 3.63) is 53.5 Å². The highest BCUT2D eigenvalue weighted by Crippen LogP contribution is 2.39. The van der Waals surface area contributed by atoms with Crippen molar-refractivity contribution >= 4 is 17.3 Å². The molecule has 1 aliphatic heterocycles. The van der Waals surface area contributed by atoms with Crippen LogP contribution in [0.25, 0.3) is 11.3 Å². The molecule has 1 aromatic carbocycles. The van der Waals surface area contributed by atoms with Crippen molar-refractivity contribution in [3.63, 3.8) is 0 Å². The molecule has 3 aromatic rings. The summed E-state index contributed by atoms with van der Waals surface area (Å²) in [6.45, 7) is 9.05. The van der Waals surface area contributed by atoms with Gasteiger partial charge in [-0.05, 0) is 43.1 Å². The molecule has 1 saturated heterocycles. The van der Waals surface area contributed by atoms with Crippen LogP contribution in [-0.4, -0.2) is 71.4 Å². The first-order chi connectivity index (χ1) is 18.0. The first-order valence-electron chi connectivity index (χ1n) is 12.8. The molecular weight excluding hydrogens is 466 g/mol. The highest BCUT2D eigenvalue weighted by Gasteiger charge is 2.35. The summed E-state index contributed by atoms with van der Waals surface area (Å²) in [5.74, 6) is 1.02. The second-order valence-electron chi connectivity index (χ2n) is 9.93. The van der Waals surface area contributed by atoms with Gasteiger partial charge >= 0.3 is 0 Å². The zero-order valence-corrected chi connectivity index (χ0v) is 21.7. The molecule has 192 valence electrons. The number of benzene rings is 1. The lowest BCUT2D eigenvalue weighted by Crippen LogP contribution is -2.46. The summed E-state index contributed by atoms with van der Waals surface area (Å²) in [7, 11) is 1.62. The zero-order valence-electron chi connectivity index (χ0n) is 21.7. The van der Waals surface area contributed by atoms with Crippen molar-refractivity contribution in [2.24, 2.45) is 0 Å². The minimum Gasteiger partial charge on any atom is -0.494 e. The molecule has 2 aliphatic rings. The van der Waals surface area contributed by atoms with Crippen molar-refractivity contribution in [2.45, 2.75) is 32.1 Å². The normalized spacial score (nSPS) is 19.4. The Morgan fingerprint density at radius 2 is 2.00 bits per heavy atom. The van der Waals surface area contributed by atoms with Crippen LogP contribution in [0.15, 0.2) is 36.7 Å². The Morgan fingerprint density at radius 1 is 1.19 bits per heavy atom. The molecule has 0 spiro atoms. The Morgan fingerprint density at radius 3 is 2.70 bits per heavy atom. The number of methoxy groups -OCH3 is 1. The number of rotatable bonds is 7. The third kappa shape index (κ3) is 4.82. The van der Waals surface area contributed by atoms with Crippen molar-refractivity contribution in [1.29, 1.82) is 5.26 Å². The van der Waals surface area contributed by atoms with E-state index in [4.69, 9.17) is 9.72 Å². The number of aliphatic hydroxyl groups is 1. The number of aryl methyl sites for hydroxylation is 1. The van der Waals surface area contributed by atoms with Crippen LogP contribution in [0.2, 0.25) is 0 Å². The number of nitriles is 1. The second-order valence-corrected chi connectivity index (χ2v) is 9.93. The van der Waals surface area contributed by atoms with Crippen LogP contribution in [0.5, 0.6) is 5.75 Å². The number of nitrogens with zero attached hydrogens (tertiary/aromatic N) is 6. The van der Waals surface area contributed by atoms with E-state index in [1.165, 1.54) is 0 Å². The number of anilines is 3. The lowest BCUT2D eigenvalue weighted by Gasteiger charge is -2.36. The molecule has 2 N–H and O–H groups in total. The summed E-state index contributed by atoms with van der Waals surface area (Å²) in [5.41, 5.74) is 5.53. The molecular formula is C28H33N7O2. The van der Waals surface area contributed by atoms with Crippen molar-refractivity contribution in [2.75, 3.05) is 56.7 Å². The molecule has 3 heterocycles. The summed E-state index contributed by atoms with van der Waals surface area (Å²) < 4.78 is 5.69. The van der Waals surface area contributed by atoms with Crippen LogP contribution < -0.4 is 15.0 Å². The smallest absolute Gasteiger partial charge is 0.227 e. The van der Waals surface area contributed by atoms with Gasteiger partial charge < -0.3 is 25.0 Å². The third-order valence-corrected chi connectivity index (χ3v) is 7.68. The molecule has 1 fully saturated rings. The van der Waals surface area contributed by atoms with Crippen LogP contribution in [0.3, 0.4) is 0 Å². The topological polar surface area (TPSA) is 110 Å². The largest absolute Gasteiger partial charge is 0.494 e. The van der Waals surface area contributed by atoms with Crippen molar-refractivity contribution < 1.29 is 9.84 Å². The van der Waals surface area contributed by atoms with Crippen LogP contribution in [0, 0.1) is 11.3 Å². The van der Waals surface area contributed by atoms with E-state index in [2.05, 4.69) is 51.1 Å². The van der Waals surface area contributed by atoms with Gasteiger partial charge in [-0.3, -0.25) is 4.98 Å². The van der Waals surface area contributed by atoms with E-state index < -0.39 is 0 Å². The summed E-state index contributed by atoms with van der Waals surface area (Å²) in [5, 5.41) is 23.1. The van der Waals surface area contributed by atoms with E-state index in [1.807, 2.05) is 18.3 Å². The summed E-state index contributed by atoms with van der Waals surface area (Å²) in [6.07, 6.45) is 5.28. The van der Waals surface area contributed by atoms with Crippen LogP contribution in [0.4, 0.5) is 17.3 Å². The Balaban J connectivity index is 1.42. The average molecular weight is 500 g/mol. The number of aromatic nitrogens is 3. The Labute approximate surface area is 217 Å². The van der Waals surface area contributed by atoms with Gasteiger partial charge in [-0.15, -0.1) is 0 Å². The molecule has 0 amide bonds. The second kappa shape index (κ2) is 10.3. The number of aliphatic hydroxyl groups excluding tert-OH is 1. The van der Waals surface area contributed by atoms with Gasteiger partial charge in [0.1, 0.15) is 11.8 Å². The first kappa shape index (κ1) is 24.9. The molecule has 9 nitrogen and oxygen atoms in total. The summed E-state index contributed by atoms with van der Waals surface area (Å²) >= 11 is 0. The first-order valence-corrected chi connectivity index (χ1v) is 12.8. The predicted octanol–water partition coefficient (Wildman–Crippen LogP) is 3.50. The lowest BCUT2D eigenvalue weighted by molar-refractivity contribution is 0.206. The fourth-order valence-electron chi connectivity index (χ4n) is 5.24. The van der Waals surface area contributed by atoms with E-state index in [0.717, 1.165) is 73.8 Å². The van der Waals surface area contributed by atoms with Crippen molar-refractivity contribution in [3.8, 4) is 23.1 Å². The Hall–Kier alpha value is -3.74. The van der Waals surface area contributed by atoms with Gasteiger partial charge in [0.2, 0.25) is 5.95 Å². The van der Waals surface area contributed by atoms with Crippen LogP contribution >= 0.6 is 0 Å². The molecule has 1 unspecified atom stereocenters. The fourth-order valence-corrected chi connectivity index (χ4v) is 5.24. The molecule has 5 rings (SSSR count). The van der Waals surface area contributed by atoms with Gasteiger partial charge in [-0.1, -0.05) is 13.8 Å². The minimum atomic E-state index is -0.279. The summed E-state index contributed by atoms with van der Waals surface area (Å²) in [4.78, 5) is 18.4. The van der Waals surface area contributed by atoms with E-state index in [1.54, 1.807) is 19.4 Å². The highest BCUT2D eigenvalue weighted by molar-refractivity contribution is 5.74. The maximum atomic E-state index is 9.96. The highest BCUT2D eigenvalue weighted by atomic mass is 16.5. The van der Waals surface area contributed by atoms with E-state index in [9.17, 15) is 10.4 Å². The average Bonchev–Trinajstić information content (AvgIpc) is 3.29. The zero-order chi connectivity index (χ0) is 26.0. The number of piperazine rings is 1.